The van der Waals surface area contributed by atoms with Crippen molar-refractivity contribution in [2.24, 2.45) is 5.92 Å². The molecule has 0 aromatic heterocycles. The van der Waals surface area contributed by atoms with Gasteiger partial charge < -0.3 is 0 Å². The van der Waals surface area contributed by atoms with Gasteiger partial charge in [-0.15, -0.1) is 0 Å². The Morgan fingerprint density at radius 3 is 2.23 bits per heavy atom. The Morgan fingerprint density at radius 1 is 1.08 bits per heavy atom. The highest BCUT2D eigenvalue weighted by atomic mass is 14.2. The third kappa shape index (κ3) is 2.04. The molecule has 0 fully saturated rings. The molecule has 0 aliphatic heterocycles. The molecule has 0 heteroatoms. The molecule has 1 aliphatic carbocycles. The van der Waals surface area contributed by atoms with Crippen LogP contribution in [-0.4, -0.2) is 0 Å². The molecule has 0 heterocycles. The first-order chi connectivity index (χ1) is 6.07. The van der Waals surface area contributed by atoms with E-state index in [1.165, 1.54) is 24.8 Å². The third-order valence-corrected chi connectivity index (χ3v) is 3.60. The number of allylic oxidation sites excluding steroid dienone is 4. The summed E-state index contributed by atoms with van der Waals surface area (Å²) in [7, 11) is 0. The van der Waals surface area contributed by atoms with Gasteiger partial charge in [-0.2, -0.15) is 0 Å². The van der Waals surface area contributed by atoms with Gasteiger partial charge in [-0.1, -0.05) is 24.5 Å². The minimum Gasteiger partial charge on any atom is -0.0695 e. The van der Waals surface area contributed by atoms with Crippen molar-refractivity contribution in [3.8, 4) is 0 Å². The van der Waals surface area contributed by atoms with Gasteiger partial charge in [-0.25, -0.2) is 0 Å². The molecule has 0 aromatic rings. The van der Waals surface area contributed by atoms with Crippen molar-refractivity contribution in [1.82, 2.24) is 0 Å². The molecular formula is C13H22. The minimum absolute atomic E-state index is 0.827. The Bertz CT molecular complexity index is 253. The zero-order chi connectivity index (χ0) is 10.0. The van der Waals surface area contributed by atoms with E-state index < -0.39 is 0 Å². The Hall–Kier alpha value is -0.520. The molecule has 1 rings (SSSR count). The summed E-state index contributed by atoms with van der Waals surface area (Å²) in [5, 5.41) is 0. The first-order valence-electron chi connectivity index (χ1n) is 5.42. The molecule has 0 aromatic carbocycles. The predicted octanol–water partition coefficient (Wildman–Crippen LogP) is 4.48. The molecule has 0 amide bonds. The molecule has 0 saturated carbocycles. The molecule has 0 spiro atoms. The predicted molar refractivity (Wildman–Crippen MR) is 59.8 cm³/mol. The van der Waals surface area contributed by atoms with Gasteiger partial charge >= 0.3 is 0 Å². The number of hydrogen-bond acceptors (Lipinski definition) is 0. The van der Waals surface area contributed by atoms with Crippen LogP contribution < -0.4 is 0 Å². The summed E-state index contributed by atoms with van der Waals surface area (Å²) in [5.41, 5.74) is 6.30. The largest absolute Gasteiger partial charge is 0.0695 e. The zero-order valence-corrected chi connectivity index (χ0v) is 9.70. The fourth-order valence-corrected chi connectivity index (χ4v) is 2.26. The van der Waals surface area contributed by atoms with Crippen molar-refractivity contribution in [3.05, 3.63) is 22.3 Å². The smallest absolute Gasteiger partial charge is 0.0163 e. The van der Waals surface area contributed by atoms with Gasteiger partial charge in [0.2, 0.25) is 0 Å². The highest BCUT2D eigenvalue weighted by Gasteiger charge is 2.19. The fraction of sp³-hybridized carbons (Fsp3) is 0.692. The van der Waals surface area contributed by atoms with E-state index in [4.69, 9.17) is 0 Å². The van der Waals surface area contributed by atoms with Crippen molar-refractivity contribution < 1.29 is 0 Å². The van der Waals surface area contributed by atoms with Crippen LogP contribution in [0.4, 0.5) is 0 Å². The average molecular weight is 178 g/mol. The lowest BCUT2D eigenvalue weighted by molar-refractivity contribution is 0.531. The van der Waals surface area contributed by atoms with E-state index >= 15 is 0 Å². The van der Waals surface area contributed by atoms with Gasteiger partial charge in [-0.05, 0) is 57.6 Å². The second-order valence-electron chi connectivity index (χ2n) is 4.40. The standard InChI is InChI=1S/C13H22/c1-6-7-13-8-9(2)10(3)11(4)12(13)5/h13H,6-8H2,1-5H3. The summed E-state index contributed by atoms with van der Waals surface area (Å²) in [6, 6.07) is 0. The molecule has 0 nitrogen and oxygen atoms in total. The number of rotatable bonds is 2. The molecule has 74 valence electrons. The van der Waals surface area contributed by atoms with Gasteiger partial charge in [0.15, 0.2) is 0 Å². The van der Waals surface area contributed by atoms with E-state index in [-0.39, 0.29) is 0 Å². The van der Waals surface area contributed by atoms with Crippen LogP contribution in [0.25, 0.3) is 0 Å². The minimum atomic E-state index is 0.827. The number of hydrogen-bond donors (Lipinski definition) is 0. The van der Waals surface area contributed by atoms with E-state index in [1.54, 1.807) is 16.7 Å². The highest BCUT2D eigenvalue weighted by molar-refractivity contribution is 5.39. The summed E-state index contributed by atoms with van der Waals surface area (Å²) < 4.78 is 0. The average Bonchev–Trinajstić information content (AvgIpc) is 2.11. The molecule has 1 unspecified atom stereocenters. The molecular weight excluding hydrogens is 156 g/mol. The van der Waals surface area contributed by atoms with Crippen molar-refractivity contribution in [1.29, 1.82) is 0 Å². The molecule has 1 atom stereocenters. The molecule has 13 heavy (non-hydrogen) atoms. The van der Waals surface area contributed by atoms with Crippen LogP contribution in [0.1, 0.15) is 53.9 Å². The monoisotopic (exact) mass is 178 g/mol. The summed E-state index contributed by atoms with van der Waals surface area (Å²) in [4.78, 5) is 0. The molecule has 0 radical (unpaired) electrons. The van der Waals surface area contributed by atoms with Crippen LogP contribution in [0.5, 0.6) is 0 Å². The van der Waals surface area contributed by atoms with Crippen LogP contribution in [-0.2, 0) is 0 Å². The third-order valence-electron chi connectivity index (χ3n) is 3.60. The van der Waals surface area contributed by atoms with Crippen molar-refractivity contribution >= 4 is 0 Å². The maximum absolute atomic E-state index is 2.31. The second kappa shape index (κ2) is 4.13. The van der Waals surface area contributed by atoms with E-state index in [0.29, 0.717) is 0 Å². The SMILES string of the molecule is CCCC1CC(C)=C(C)C(C)=C1C. The summed E-state index contributed by atoms with van der Waals surface area (Å²) in [6.45, 7) is 11.4. The Labute approximate surface area is 82.7 Å². The van der Waals surface area contributed by atoms with Gasteiger partial charge in [0.25, 0.3) is 0 Å². The zero-order valence-electron chi connectivity index (χ0n) is 9.70. The highest BCUT2D eigenvalue weighted by Crippen LogP contribution is 2.35. The molecule has 0 N–H and O–H groups in total. The summed E-state index contributed by atoms with van der Waals surface area (Å²) >= 11 is 0. The van der Waals surface area contributed by atoms with E-state index in [0.717, 1.165) is 5.92 Å². The topological polar surface area (TPSA) is 0 Å². The van der Waals surface area contributed by atoms with Crippen molar-refractivity contribution in [2.45, 2.75) is 53.9 Å². The van der Waals surface area contributed by atoms with Crippen molar-refractivity contribution in [2.75, 3.05) is 0 Å². The van der Waals surface area contributed by atoms with E-state index in [2.05, 4.69) is 34.6 Å². The van der Waals surface area contributed by atoms with Crippen LogP contribution in [0.3, 0.4) is 0 Å². The van der Waals surface area contributed by atoms with E-state index in [9.17, 15) is 0 Å². The molecule has 0 bridgehead atoms. The van der Waals surface area contributed by atoms with Gasteiger partial charge in [-0.3, -0.25) is 0 Å². The Balaban J connectivity index is 2.90. The normalized spacial score (nSPS) is 24.2. The molecule has 1 aliphatic rings. The Kier molecular flexibility index (Phi) is 3.35. The van der Waals surface area contributed by atoms with Gasteiger partial charge in [0, 0.05) is 0 Å². The lowest BCUT2D eigenvalue weighted by Gasteiger charge is -2.27. The van der Waals surface area contributed by atoms with Crippen LogP contribution in [0, 0.1) is 5.92 Å². The maximum Gasteiger partial charge on any atom is -0.0163 e. The van der Waals surface area contributed by atoms with Crippen LogP contribution in [0.2, 0.25) is 0 Å². The maximum atomic E-state index is 2.31. The Morgan fingerprint density at radius 2 is 1.69 bits per heavy atom. The van der Waals surface area contributed by atoms with Crippen molar-refractivity contribution in [3.63, 3.8) is 0 Å². The van der Waals surface area contributed by atoms with E-state index in [1.807, 2.05) is 0 Å². The van der Waals surface area contributed by atoms with Crippen LogP contribution in [0.15, 0.2) is 22.3 Å². The first kappa shape index (κ1) is 10.6. The van der Waals surface area contributed by atoms with Gasteiger partial charge in [0.1, 0.15) is 0 Å². The van der Waals surface area contributed by atoms with Gasteiger partial charge in [0.05, 0.1) is 0 Å². The summed E-state index contributed by atoms with van der Waals surface area (Å²) in [5.74, 6) is 0.827. The second-order valence-corrected chi connectivity index (χ2v) is 4.40. The summed E-state index contributed by atoms with van der Waals surface area (Å²) in [6.07, 6.45) is 3.96. The fourth-order valence-electron chi connectivity index (χ4n) is 2.26. The lowest BCUT2D eigenvalue weighted by Crippen LogP contribution is -2.11. The quantitative estimate of drug-likeness (QED) is 0.585. The van der Waals surface area contributed by atoms with Crippen LogP contribution >= 0.6 is 0 Å². The first-order valence-corrected chi connectivity index (χ1v) is 5.42. The molecule has 0 saturated heterocycles. The lowest BCUT2D eigenvalue weighted by atomic mass is 9.79.